The Morgan fingerprint density at radius 3 is 2.52 bits per heavy atom. The van der Waals surface area contributed by atoms with E-state index in [1.54, 1.807) is 24.3 Å². The van der Waals surface area contributed by atoms with Crippen LogP contribution in [-0.4, -0.2) is 17.5 Å². The van der Waals surface area contributed by atoms with Gasteiger partial charge in [-0.25, -0.2) is 4.99 Å². The van der Waals surface area contributed by atoms with Gasteiger partial charge in [0.05, 0.1) is 11.4 Å². The predicted molar refractivity (Wildman–Crippen MR) is 99.7 cm³/mol. The molecule has 3 aromatic carbocycles. The zero-order valence-corrected chi connectivity index (χ0v) is 13.5. The van der Waals surface area contributed by atoms with E-state index in [9.17, 15) is 9.59 Å². The molecule has 5 heteroatoms. The zero-order chi connectivity index (χ0) is 17.4. The Morgan fingerprint density at radius 1 is 0.960 bits per heavy atom. The first kappa shape index (κ1) is 15.1. The van der Waals surface area contributed by atoms with Gasteiger partial charge in [0, 0.05) is 23.6 Å². The number of nitrogens with zero attached hydrogens (tertiary/aromatic N) is 1. The van der Waals surface area contributed by atoms with Crippen LogP contribution in [0.5, 0.6) is 0 Å². The lowest BCUT2D eigenvalue weighted by Crippen LogP contribution is -2.26. The fourth-order valence-electron chi connectivity index (χ4n) is 3.01. The average molecular weight is 329 g/mol. The van der Waals surface area contributed by atoms with Crippen molar-refractivity contribution < 1.29 is 9.59 Å². The van der Waals surface area contributed by atoms with Crippen molar-refractivity contribution in [3.63, 3.8) is 0 Å². The number of amides is 1. The summed E-state index contributed by atoms with van der Waals surface area (Å²) in [5, 5.41) is 7.88. The summed E-state index contributed by atoms with van der Waals surface area (Å²) in [4.78, 5) is 28.9. The highest BCUT2D eigenvalue weighted by molar-refractivity contribution is 6.51. The summed E-state index contributed by atoms with van der Waals surface area (Å²) >= 11 is 0. The summed E-state index contributed by atoms with van der Waals surface area (Å²) in [6.45, 7) is 1.41. The van der Waals surface area contributed by atoms with Crippen LogP contribution >= 0.6 is 0 Å². The zero-order valence-electron chi connectivity index (χ0n) is 13.5. The van der Waals surface area contributed by atoms with Gasteiger partial charge in [0.1, 0.15) is 0 Å². The minimum Gasteiger partial charge on any atom is -0.336 e. The molecule has 3 aromatic rings. The molecule has 5 nitrogen and oxygen atoms in total. The predicted octanol–water partition coefficient (Wildman–Crippen LogP) is 4.14. The summed E-state index contributed by atoms with van der Waals surface area (Å²) in [5.74, 6) is -0.256. The van der Waals surface area contributed by atoms with Crippen molar-refractivity contribution in [2.45, 2.75) is 6.92 Å². The third-order valence-electron chi connectivity index (χ3n) is 4.07. The lowest BCUT2D eigenvalue weighted by molar-refractivity contribution is -0.114. The van der Waals surface area contributed by atoms with Crippen molar-refractivity contribution in [2.24, 2.45) is 4.99 Å². The van der Waals surface area contributed by atoms with Gasteiger partial charge >= 0.3 is 0 Å². The van der Waals surface area contributed by atoms with E-state index in [-0.39, 0.29) is 17.5 Å². The molecular formula is C20H15N3O2. The van der Waals surface area contributed by atoms with E-state index < -0.39 is 0 Å². The number of ketones is 1. The van der Waals surface area contributed by atoms with Crippen molar-refractivity contribution in [3.05, 3.63) is 66.2 Å². The number of nitrogens with one attached hydrogen (secondary N) is 2. The standard InChI is InChI=1S/C20H15N3O2/c1-12(24)21-15-9-3-2-8-14(15)19(25)20-22-16-10-4-6-13-7-5-11-17(23-20)18(13)16/h2-11H,1H3,(H,21,24)(H,22,23). The Balaban J connectivity index is 1.79. The first-order chi connectivity index (χ1) is 12.1. The monoisotopic (exact) mass is 329 g/mol. The van der Waals surface area contributed by atoms with Gasteiger partial charge in [-0.15, -0.1) is 0 Å². The third-order valence-corrected chi connectivity index (χ3v) is 4.07. The quantitative estimate of drug-likeness (QED) is 0.710. The lowest BCUT2D eigenvalue weighted by atomic mass is 10.0. The third kappa shape index (κ3) is 2.65. The molecule has 25 heavy (non-hydrogen) atoms. The number of hydrogen-bond acceptors (Lipinski definition) is 4. The van der Waals surface area contributed by atoms with Crippen LogP contribution in [-0.2, 0) is 4.79 Å². The second-order valence-corrected chi connectivity index (χ2v) is 5.82. The second kappa shape index (κ2) is 5.87. The molecule has 1 amide bonds. The number of anilines is 2. The highest BCUT2D eigenvalue weighted by Gasteiger charge is 2.22. The number of carbonyl (C=O) groups is 2. The van der Waals surface area contributed by atoms with Crippen LogP contribution in [0, 0.1) is 0 Å². The summed E-state index contributed by atoms with van der Waals surface area (Å²) in [7, 11) is 0. The van der Waals surface area contributed by atoms with Gasteiger partial charge < -0.3 is 10.6 Å². The molecule has 0 radical (unpaired) electrons. The number of amidine groups is 1. The van der Waals surface area contributed by atoms with Crippen LogP contribution in [0.15, 0.2) is 65.7 Å². The van der Waals surface area contributed by atoms with Crippen LogP contribution in [0.3, 0.4) is 0 Å². The highest BCUT2D eigenvalue weighted by Crippen LogP contribution is 2.36. The normalized spacial score (nSPS) is 12.3. The first-order valence-electron chi connectivity index (χ1n) is 7.92. The molecule has 4 rings (SSSR count). The molecule has 1 aliphatic heterocycles. The fourth-order valence-corrected chi connectivity index (χ4v) is 3.01. The van der Waals surface area contributed by atoms with Gasteiger partial charge in [0.15, 0.2) is 5.84 Å². The smallest absolute Gasteiger partial charge is 0.230 e. The molecule has 0 saturated heterocycles. The van der Waals surface area contributed by atoms with Gasteiger partial charge in [-0.1, -0.05) is 36.4 Å². The fraction of sp³-hybridized carbons (Fsp3) is 0.0500. The molecule has 0 atom stereocenters. The van der Waals surface area contributed by atoms with Crippen molar-refractivity contribution in [3.8, 4) is 0 Å². The molecule has 0 bridgehead atoms. The maximum absolute atomic E-state index is 13.0. The molecule has 1 aliphatic rings. The summed E-state index contributed by atoms with van der Waals surface area (Å²) < 4.78 is 0. The van der Waals surface area contributed by atoms with E-state index in [0.29, 0.717) is 11.3 Å². The van der Waals surface area contributed by atoms with Crippen molar-refractivity contribution in [1.29, 1.82) is 0 Å². The molecular weight excluding hydrogens is 314 g/mol. The Bertz CT molecular complexity index is 1050. The van der Waals surface area contributed by atoms with Gasteiger partial charge in [0.2, 0.25) is 11.7 Å². The minimum absolute atomic E-state index is 0.228. The Labute approximate surface area is 144 Å². The largest absolute Gasteiger partial charge is 0.336 e. The molecule has 122 valence electrons. The Morgan fingerprint density at radius 2 is 1.72 bits per heavy atom. The van der Waals surface area contributed by atoms with Crippen LogP contribution in [0.25, 0.3) is 10.8 Å². The second-order valence-electron chi connectivity index (χ2n) is 5.82. The Hall–Kier alpha value is -3.47. The van der Waals surface area contributed by atoms with Crippen LogP contribution < -0.4 is 10.6 Å². The van der Waals surface area contributed by atoms with Gasteiger partial charge in [0.25, 0.3) is 0 Å². The number of Topliss-reactive ketones (excluding diaryl/α,β-unsaturated/α-hetero) is 1. The number of aliphatic imine (C=N–C) groups is 1. The van der Waals surface area contributed by atoms with E-state index in [0.717, 1.165) is 22.1 Å². The lowest BCUT2D eigenvalue weighted by Gasteiger charge is -2.19. The van der Waals surface area contributed by atoms with Crippen molar-refractivity contribution in [1.82, 2.24) is 0 Å². The number of carbonyl (C=O) groups excluding carboxylic acids is 2. The van der Waals surface area contributed by atoms with Crippen LogP contribution in [0.1, 0.15) is 17.3 Å². The minimum atomic E-state index is -0.268. The topological polar surface area (TPSA) is 70.6 Å². The number of hydrogen-bond donors (Lipinski definition) is 2. The molecule has 0 saturated carbocycles. The summed E-state index contributed by atoms with van der Waals surface area (Å²) in [6, 6.07) is 18.6. The van der Waals surface area contributed by atoms with Crippen LogP contribution in [0.2, 0.25) is 0 Å². The molecule has 0 aromatic heterocycles. The first-order valence-corrected chi connectivity index (χ1v) is 7.92. The van der Waals surface area contributed by atoms with E-state index in [2.05, 4.69) is 15.6 Å². The average Bonchev–Trinajstić information content (AvgIpc) is 2.61. The molecule has 0 unspecified atom stereocenters. The van der Waals surface area contributed by atoms with Gasteiger partial charge in [-0.05, 0) is 29.7 Å². The molecule has 0 aliphatic carbocycles. The van der Waals surface area contributed by atoms with E-state index >= 15 is 0 Å². The molecule has 0 spiro atoms. The Kier molecular flexibility index (Phi) is 3.54. The van der Waals surface area contributed by atoms with E-state index in [1.165, 1.54) is 6.92 Å². The summed E-state index contributed by atoms with van der Waals surface area (Å²) in [6.07, 6.45) is 0. The maximum atomic E-state index is 13.0. The molecule has 1 heterocycles. The maximum Gasteiger partial charge on any atom is 0.230 e. The number of rotatable bonds is 3. The van der Waals surface area contributed by atoms with Crippen LogP contribution in [0.4, 0.5) is 17.1 Å². The molecule has 0 fully saturated rings. The van der Waals surface area contributed by atoms with Crippen molar-refractivity contribution >= 4 is 45.4 Å². The molecule has 2 N–H and O–H groups in total. The van der Waals surface area contributed by atoms with Gasteiger partial charge in [-0.2, -0.15) is 0 Å². The summed E-state index contributed by atoms with van der Waals surface area (Å²) in [5.41, 5.74) is 2.48. The number of benzene rings is 3. The van der Waals surface area contributed by atoms with Crippen molar-refractivity contribution in [2.75, 3.05) is 10.6 Å². The highest BCUT2D eigenvalue weighted by atomic mass is 16.1. The SMILES string of the molecule is CC(=O)Nc1ccccc1C(=O)C1=Nc2cccc3cccc(c23)N1. The van der Waals surface area contributed by atoms with E-state index in [1.807, 2.05) is 36.4 Å². The van der Waals surface area contributed by atoms with Gasteiger partial charge in [-0.3, -0.25) is 9.59 Å². The van der Waals surface area contributed by atoms with E-state index in [4.69, 9.17) is 0 Å². The number of para-hydroxylation sites is 1.